The largest absolute Gasteiger partial charge is 0.396 e. The average molecular weight is 489 g/mol. The number of anilines is 2. The smallest absolute Gasteiger partial charge is 0.150 e. The molecule has 0 spiro atoms. The van der Waals surface area contributed by atoms with Gasteiger partial charge in [-0.15, -0.1) is 0 Å². The number of nitrogens with zero attached hydrogens (tertiary/aromatic N) is 5. The molecule has 8 nitrogen and oxygen atoms in total. The van der Waals surface area contributed by atoms with Crippen molar-refractivity contribution < 1.29 is 13.9 Å². The summed E-state index contributed by atoms with van der Waals surface area (Å²) in [5.41, 5.74) is 10.1. The van der Waals surface area contributed by atoms with Crippen LogP contribution in [0.4, 0.5) is 15.9 Å². The minimum absolute atomic E-state index is 0.116. The zero-order chi connectivity index (χ0) is 24.6. The average Bonchev–Trinajstić information content (AvgIpc) is 3.40. The number of morpholine rings is 1. The molecule has 0 radical (unpaired) electrons. The third kappa shape index (κ3) is 3.98. The standard InChI is InChI=1S/C27H29FN6O2/c1-17-16-35-14-12-33(17)23-15-20(18-5-4-6-21(28)25(18)29)19-8-10-30-27(26(19)32-23)22-9-11-31-34(22)24-7-2-3-13-36-24/h4-6,8-11,15,17,24H,2-3,7,12-14,16,29H2,1H3. The quantitative estimate of drug-likeness (QED) is 0.412. The van der Waals surface area contributed by atoms with Crippen molar-refractivity contribution in [2.75, 3.05) is 37.0 Å². The summed E-state index contributed by atoms with van der Waals surface area (Å²) in [6.07, 6.45) is 6.44. The zero-order valence-corrected chi connectivity index (χ0v) is 20.2. The van der Waals surface area contributed by atoms with Crippen molar-refractivity contribution in [3.05, 3.63) is 54.6 Å². The third-order valence-electron chi connectivity index (χ3n) is 7.06. The molecule has 0 saturated carbocycles. The highest BCUT2D eigenvalue weighted by molar-refractivity contribution is 6.03. The van der Waals surface area contributed by atoms with Crippen LogP contribution in [0.5, 0.6) is 0 Å². The molecule has 2 atom stereocenters. The van der Waals surface area contributed by atoms with Crippen molar-refractivity contribution in [1.29, 1.82) is 0 Å². The maximum Gasteiger partial charge on any atom is 0.150 e. The lowest BCUT2D eigenvalue weighted by molar-refractivity contribution is -0.0383. The molecular weight excluding hydrogens is 459 g/mol. The molecule has 2 aliphatic heterocycles. The van der Waals surface area contributed by atoms with Crippen LogP contribution < -0.4 is 10.6 Å². The maximum absolute atomic E-state index is 14.5. The monoisotopic (exact) mass is 488 g/mol. The second-order valence-electron chi connectivity index (χ2n) is 9.38. The van der Waals surface area contributed by atoms with Gasteiger partial charge in [0.2, 0.25) is 0 Å². The lowest BCUT2D eigenvalue weighted by Crippen LogP contribution is -2.44. The van der Waals surface area contributed by atoms with Gasteiger partial charge in [0.05, 0.1) is 30.6 Å². The summed E-state index contributed by atoms with van der Waals surface area (Å²) in [5.74, 6) is 0.340. The van der Waals surface area contributed by atoms with Crippen LogP contribution in [0.1, 0.15) is 32.4 Å². The lowest BCUT2D eigenvalue weighted by atomic mass is 9.98. The van der Waals surface area contributed by atoms with Gasteiger partial charge in [-0.3, -0.25) is 4.98 Å². The van der Waals surface area contributed by atoms with Gasteiger partial charge in [0, 0.05) is 36.5 Å². The molecule has 2 saturated heterocycles. The Balaban J connectivity index is 1.59. The molecule has 1 aromatic carbocycles. The summed E-state index contributed by atoms with van der Waals surface area (Å²) in [6, 6.07) is 10.9. The van der Waals surface area contributed by atoms with E-state index in [1.54, 1.807) is 18.5 Å². The molecule has 0 amide bonds. The fourth-order valence-corrected chi connectivity index (χ4v) is 5.18. The Morgan fingerprint density at radius 2 is 2.00 bits per heavy atom. The van der Waals surface area contributed by atoms with Gasteiger partial charge in [-0.1, -0.05) is 12.1 Å². The SMILES string of the molecule is CC1COCCN1c1cc(-c2cccc(F)c2N)c2ccnc(-c3ccnn3C3CCCCO3)c2n1. The minimum Gasteiger partial charge on any atom is -0.396 e. The first kappa shape index (κ1) is 22.9. The molecule has 0 bridgehead atoms. The van der Waals surface area contributed by atoms with Gasteiger partial charge in [-0.2, -0.15) is 5.10 Å². The van der Waals surface area contributed by atoms with Gasteiger partial charge in [-0.05, 0) is 56.0 Å². The van der Waals surface area contributed by atoms with Crippen LogP contribution in [0.3, 0.4) is 0 Å². The van der Waals surface area contributed by atoms with Gasteiger partial charge in [0.15, 0.2) is 6.23 Å². The first-order valence-electron chi connectivity index (χ1n) is 12.5. The molecule has 9 heteroatoms. The van der Waals surface area contributed by atoms with Gasteiger partial charge in [0.1, 0.15) is 22.8 Å². The molecular formula is C27H29FN6O2. The molecule has 4 aromatic rings. The van der Waals surface area contributed by atoms with E-state index >= 15 is 0 Å². The first-order chi connectivity index (χ1) is 17.6. The molecule has 5 heterocycles. The molecule has 2 N–H and O–H groups in total. The number of fused-ring (bicyclic) bond motifs is 1. The first-order valence-corrected chi connectivity index (χ1v) is 12.5. The second kappa shape index (κ2) is 9.48. The topological polar surface area (TPSA) is 91.3 Å². The van der Waals surface area contributed by atoms with Crippen molar-refractivity contribution in [2.45, 2.75) is 38.5 Å². The van der Waals surface area contributed by atoms with E-state index < -0.39 is 5.82 Å². The van der Waals surface area contributed by atoms with Crippen molar-refractivity contribution in [3.8, 4) is 22.5 Å². The molecule has 2 fully saturated rings. The van der Waals surface area contributed by atoms with Crippen molar-refractivity contribution in [3.63, 3.8) is 0 Å². The van der Waals surface area contributed by atoms with Gasteiger partial charge in [0.25, 0.3) is 0 Å². The Bertz CT molecular complexity index is 1400. The second-order valence-corrected chi connectivity index (χ2v) is 9.38. The number of hydrogen-bond acceptors (Lipinski definition) is 7. The molecule has 2 unspecified atom stereocenters. The summed E-state index contributed by atoms with van der Waals surface area (Å²) in [7, 11) is 0. The number of benzene rings is 1. The van der Waals surface area contributed by atoms with E-state index in [4.69, 9.17) is 25.2 Å². The Morgan fingerprint density at radius 1 is 1.08 bits per heavy atom. The molecule has 0 aliphatic carbocycles. The van der Waals surface area contributed by atoms with Crippen LogP contribution in [-0.4, -0.2) is 52.2 Å². The Labute approximate surface area is 208 Å². The fraction of sp³-hybridized carbons (Fsp3) is 0.370. The van der Waals surface area contributed by atoms with E-state index in [2.05, 4.69) is 16.9 Å². The molecule has 6 rings (SSSR count). The Kier molecular flexibility index (Phi) is 6.02. The number of rotatable bonds is 4. The predicted molar refractivity (Wildman–Crippen MR) is 137 cm³/mol. The number of hydrogen-bond donors (Lipinski definition) is 1. The number of ether oxygens (including phenoxy) is 2. The van der Waals surface area contributed by atoms with E-state index in [1.165, 1.54) is 6.07 Å². The highest BCUT2D eigenvalue weighted by Gasteiger charge is 2.26. The normalized spacial score (nSPS) is 20.7. The van der Waals surface area contributed by atoms with Crippen LogP contribution in [0, 0.1) is 5.82 Å². The number of para-hydroxylation sites is 1. The van der Waals surface area contributed by atoms with Gasteiger partial charge >= 0.3 is 0 Å². The Morgan fingerprint density at radius 3 is 2.83 bits per heavy atom. The summed E-state index contributed by atoms with van der Waals surface area (Å²) < 4.78 is 28.1. The number of halogens is 1. The molecule has 3 aromatic heterocycles. The summed E-state index contributed by atoms with van der Waals surface area (Å²) in [5, 5.41) is 5.43. The summed E-state index contributed by atoms with van der Waals surface area (Å²) in [4.78, 5) is 12.1. The summed E-state index contributed by atoms with van der Waals surface area (Å²) in [6.45, 7) is 4.77. The fourth-order valence-electron chi connectivity index (χ4n) is 5.18. The summed E-state index contributed by atoms with van der Waals surface area (Å²) >= 11 is 0. The van der Waals surface area contributed by atoms with Crippen LogP contribution >= 0.6 is 0 Å². The Hall–Kier alpha value is -3.56. The highest BCUT2D eigenvalue weighted by Crippen LogP contribution is 2.39. The van der Waals surface area contributed by atoms with Gasteiger partial charge < -0.3 is 20.1 Å². The number of aromatic nitrogens is 4. The van der Waals surface area contributed by atoms with Crippen molar-refractivity contribution in [2.24, 2.45) is 0 Å². The number of nitrogen functional groups attached to an aromatic ring is 1. The van der Waals surface area contributed by atoms with Crippen LogP contribution in [-0.2, 0) is 9.47 Å². The predicted octanol–water partition coefficient (Wildman–Crippen LogP) is 4.81. The van der Waals surface area contributed by atoms with E-state index in [0.717, 1.165) is 41.7 Å². The molecule has 36 heavy (non-hydrogen) atoms. The minimum atomic E-state index is -0.444. The van der Waals surface area contributed by atoms with Crippen LogP contribution in [0.25, 0.3) is 33.4 Å². The highest BCUT2D eigenvalue weighted by atomic mass is 19.1. The maximum atomic E-state index is 14.5. The van der Waals surface area contributed by atoms with Crippen LogP contribution in [0.15, 0.2) is 48.8 Å². The van der Waals surface area contributed by atoms with Crippen molar-refractivity contribution in [1.82, 2.24) is 19.7 Å². The lowest BCUT2D eigenvalue weighted by Gasteiger charge is -2.34. The van der Waals surface area contributed by atoms with E-state index in [9.17, 15) is 4.39 Å². The van der Waals surface area contributed by atoms with E-state index in [1.807, 2.05) is 28.9 Å². The van der Waals surface area contributed by atoms with Gasteiger partial charge in [-0.25, -0.2) is 14.1 Å². The van der Waals surface area contributed by atoms with E-state index in [-0.39, 0.29) is 18.0 Å². The van der Waals surface area contributed by atoms with E-state index in [0.29, 0.717) is 43.1 Å². The molecule has 2 aliphatic rings. The van der Waals surface area contributed by atoms with Crippen molar-refractivity contribution >= 4 is 22.4 Å². The number of pyridine rings is 2. The zero-order valence-electron chi connectivity index (χ0n) is 20.2. The third-order valence-corrected chi connectivity index (χ3v) is 7.06. The molecule has 186 valence electrons. The number of nitrogens with two attached hydrogens (primary N) is 1. The van der Waals surface area contributed by atoms with Crippen LogP contribution in [0.2, 0.25) is 0 Å².